The van der Waals surface area contributed by atoms with Crippen LogP contribution in [0.5, 0.6) is 17.2 Å². The first-order chi connectivity index (χ1) is 16.5. The molecule has 0 spiro atoms. The second kappa shape index (κ2) is 9.50. The fourth-order valence-electron chi connectivity index (χ4n) is 3.56. The molecule has 0 amide bonds. The number of fused-ring (bicyclic) bond motifs is 1. The zero-order valence-corrected chi connectivity index (χ0v) is 19.4. The Labute approximate surface area is 203 Å². The van der Waals surface area contributed by atoms with Gasteiger partial charge in [-0.05, 0) is 67.9 Å². The van der Waals surface area contributed by atoms with Gasteiger partial charge in [-0.25, -0.2) is 9.78 Å². The predicted octanol–water partition coefficient (Wildman–Crippen LogP) is 6.71. The standard InChI is InChI=1S/C25H20ClF3N2O4/c1-14-22(35-18-8-6-17(26)7-9-18)20-10-11-21(25(27,28)29)30-23(20)31(14)13-16-4-3-5-19(12-16)34-15(2)24(32)33/h3-12,15H,13H2,1-2H3,(H,32,33)/t15-/m0/s1. The van der Waals surface area contributed by atoms with E-state index in [9.17, 15) is 18.0 Å². The van der Waals surface area contributed by atoms with E-state index < -0.39 is 23.9 Å². The molecule has 0 saturated carbocycles. The number of ether oxygens (including phenoxy) is 2. The molecule has 1 atom stereocenters. The van der Waals surface area contributed by atoms with Crippen LogP contribution < -0.4 is 9.47 Å². The van der Waals surface area contributed by atoms with Crippen molar-refractivity contribution in [3.63, 3.8) is 0 Å². The van der Waals surface area contributed by atoms with Crippen molar-refractivity contribution < 1.29 is 32.5 Å². The number of halogens is 4. The number of carboxylic acid groups (broad SMARTS) is 1. The van der Waals surface area contributed by atoms with Crippen LogP contribution in [0, 0.1) is 6.92 Å². The van der Waals surface area contributed by atoms with E-state index in [1.807, 2.05) is 0 Å². The molecule has 1 N–H and O–H groups in total. The van der Waals surface area contributed by atoms with E-state index in [1.165, 1.54) is 13.0 Å². The molecular weight excluding hydrogens is 485 g/mol. The third-order valence-corrected chi connectivity index (χ3v) is 5.58. The summed E-state index contributed by atoms with van der Waals surface area (Å²) < 4.78 is 53.4. The molecule has 0 unspecified atom stereocenters. The van der Waals surface area contributed by atoms with Crippen LogP contribution in [0.1, 0.15) is 23.9 Å². The third-order valence-electron chi connectivity index (χ3n) is 5.33. The van der Waals surface area contributed by atoms with Crippen molar-refractivity contribution in [3.05, 3.63) is 82.6 Å². The van der Waals surface area contributed by atoms with Gasteiger partial charge in [0.1, 0.15) is 22.8 Å². The van der Waals surface area contributed by atoms with Crippen molar-refractivity contribution in [2.75, 3.05) is 0 Å². The second-order valence-electron chi connectivity index (χ2n) is 7.87. The van der Waals surface area contributed by atoms with Crippen molar-refractivity contribution in [2.24, 2.45) is 0 Å². The van der Waals surface area contributed by atoms with Crippen LogP contribution in [0.4, 0.5) is 13.2 Å². The van der Waals surface area contributed by atoms with Gasteiger partial charge in [-0.15, -0.1) is 0 Å². The number of rotatable bonds is 7. The highest BCUT2D eigenvalue weighted by Crippen LogP contribution is 2.38. The van der Waals surface area contributed by atoms with Crippen LogP contribution >= 0.6 is 11.6 Å². The van der Waals surface area contributed by atoms with Gasteiger partial charge in [0.15, 0.2) is 11.9 Å². The number of benzene rings is 2. The summed E-state index contributed by atoms with van der Waals surface area (Å²) in [7, 11) is 0. The molecule has 10 heteroatoms. The van der Waals surface area contributed by atoms with Crippen molar-refractivity contribution in [1.82, 2.24) is 9.55 Å². The smallest absolute Gasteiger partial charge is 0.433 e. The summed E-state index contributed by atoms with van der Waals surface area (Å²) in [5.74, 6) is 0.0496. The molecule has 0 bridgehead atoms. The molecule has 0 aliphatic rings. The van der Waals surface area contributed by atoms with Gasteiger partial charge >= 0.3 is 12.1 Å². The monoisotopic (exact) mass is 504 g/mol. The lowest BCUT2D eigenvalue weighted by molar-refractivity contribution is -0.144. The minimum Gasteiger partial charge on any atom is -0.479 e. The zero-order valence-electron chi connectivity index (χ0n) is 18.6. The Morgan fingerprint density at radius 3 is 2.49 bits per heavy atom. The lowest BCUT2D eigenvalue weighted by Gasteiger charge is -2.13. The maximum absolute atomic E-state index is 13.4. The van der Waals surface area contributed by atoms with Gasteiger partial charge in [-0.1, -0.05) is 23.7 Å². The lowest BCUT2D eigenvalue weighted by Crippen LogP contribution is -2.22. The molecule has 4 rings (SSSR count). The highest BCUT2D eigenvalue weighted by atomic mass is 35.5. The fraction of sp³-hybridized carbons (Fsp3) is 0.200. The number of hydrogen-bond acceptors (Lipinski definition) is 4. The molecule has 182 valence electrons. The van der Waals surface area contributed by atoms with Crippen LogP contribution in [0.2, 0.25) is 5.02 Å². The second-order valence-corrected chi connectivity index (χ2v) is 8.30. The average Bonchev–Trinajstić information content (AvgIpc) is 3.05. The Bertz CT molecular complexity index is 1380. The lowest BCUT2D eigenvalue weighted by atomic mass is 10.2. The summed E-state index contributed by atoms with van der Waals surface area (Å²) in [6.07, 6.45) is -5.68. The van der Waals surface area contributed by atoms with Crippen LogP contribution in [0.3, 0.4) is 0 Å². The van der Waals surface area contributed by atoms with Gasteiger partial charge in [0.25, 0.3) is 0 Å². The molecule has 0 saturated heterocycles. The number of hydrogen-bond donors (Lipinski definition) is 1. The SMILES string of the molecule is Cc1c(Oc2ccc(Cl)cc2)c2ccc(C(F)(F)F)nc2n1Cc1cccc(O[C@@H](C)C(=O)O)c1. The van der Waals surface area contributed by atoms with Crippen LogP contribution in [0.15, 0.2) is 60.7 Å². The van der Waals surface area contributed by atoms with E-state index in [0.717, 1.165) is 6.07 Å². The molecule has 2 heterocycles. The number of alkyl halides is 3. The molecule has 0 aliphatic heterocycles. The Morgan fingerprint density at radius 2 is 1.83 bits per heavy atom. The third kappa shape index (κ3) is 5.35. The quantitative estimate of drug-likeness (QED) is 0.303. The van der Waals surface area contributed by atoms with E-state index in [2.05, 4.69) is 4.98 Å². The minimum atomic E-state index is -4.62. The van der Waals surface area contributed by atoms with Crippen molar-refractivity contribution >= 4 is 28.6 Å². The minimum absolute atomic E-state index is 0.103. The van der Waals surface area contributed by atoms with Gasteiger partial charge in [0.05, 0.1) is 11.1 Å². The first-order valence-electron chi connectivity index (χ1n) is 10.5. The molecule has 0 fully saturated rings. The number of carbonyl (C=O) groups is 1. The largest absolute Gasteiger partial charge is 0.479 e. The van der Waals surface area contributed by atoms with Gasteiger partial charge in [-0.3, -0.25) is 0 Å². The summed E-state index contributed by atoms with van der Waals surface area (Å²) >= 11 is 5.94. The van der Waals surface area contributed by atoms with Crippen LogP contribution in [-0.4, -0.2) is 26.7 Å². The first kappa shape index (κ1) is 24.4. The van der Waals surface area contributed by atoms with E-state index in [1.54, 1.807) is 60.0 Å². The van der Waals surface area contributed by atoms with Gasteiger partial charge in [0, 0.05) is 11.6 Å². The normalized spacial score (nSPS) is 12.5. The van der Waals surface area contributed by atoms with Crippen LogP contribution in [-0.2, 0) is 17.5 Å². The van der Waals surface area contributed by atoms with Gasteiger partial charge in [-0.2, -0.15) is 13.2 Å². The number of nitrogens with zero attached hydrogens (tertiary/aromatic N) is 2. The summed E-state index contributed by atoms with van der Waals surface area (Å²) in [5.41, 5.74) is 0.324. The van der Waals surface area contributed by atoms with Crippen molar-refractivity contribution in [3.8, 4) is 17.2 Å². The van der Waals surface area contributed by atoms with Crippen LogP contribution in [0.25, 0.3) is 11.0 Å². The summed E-state index contributed by atoms with van der Waals surface area (Å²) in [6.45, 7) is 3.29. The molecular formula is C25H20ClF3N2O4. The Morgan fingerprint density at radius 1 is 1.11 bits per heavy atom. The molecule has 2 aromatic carbocycles. The van der Waals surface area contributed by atoms with Crippen molar-refractivity contribution in [1.29, 1.82) is 0 Å². The fourth-order valence-corrected chi connectivity index (χ4v) is 3.69. The van der Waals surface area contributed by atoms with E-state index >= 15 is 0 Å². The molecule has 0 aliphatic carbocycles. The summed E-state index contributed by atoms with van der Waals surface area (Å²) in [6, 6.07) is 15.6. The maximum atomic E-state index is 13.4. The topological polar surface area (TPSA) is 73.6 Å². The Kier molecular flexibility index (Phi) is 6.62. The first-order valence-corrected chi connectivity index (χ1v) is 10.9. The van der Waals surface area contributed by atoms with Crippen molar-refractivity contribution in [2.45, 2.75) is 32.7 Å². The number of carboxylic acids is 1. The average molecular weight is 505 g/mol. The summed E-state index contributed by atoms with van der Waals surface area (Å²) in [5, 5.41) is 10.0. The van der Waals surface area contributed by atoms with E-state index in [0.29, 0.717) is 38.9 Å². The Hall–Kier alpha value is -3.72. The summed E-state index contributed by atoms with van der Waals surface area (Å²) in [4.78, 5) is 15.0. The van der Waals surface area contributed by atoms with E-state index in [-0.39, 0.29) is 12.2 Å². The Balaban J connectivity index is 1.78. The van der Waals surface area contributed by atoms with E-state index in [4.69, 9.17) is 26.2 Å². The molecule has 35 heavy (non-hydrogen) atoms. The number of aromatic nitrogens is 2. The van der Waals surface area contributed by atoms with Gasteiger partial charge in [0.2, 0.25) is 0 Å². The maximum Gasteiger partial charge on any atom is 0.433 e. The molecule has 6 nitrogen and oxygen atoms in total. The number of pyridine rings is 1. The number of aliphatic carboxylic acids is 1. The highest BCUT2D eigenvalue weighted by molar-refractivity contribution is 6.30. The molecule has 2 aromatic heterocycles. The molecule has 0 radical (unpaired) electrons. The predicted molar refractivity (Wildman–Crippen MR) is 124 cm³/mol. The highest BCUT2D eigenvalue weighted by Gasteiger charge is 2.33. The zero-order chi connectivity index (χ0) is 25.3. The molecule has 4 aromatic rings. The van der Waals surface area contributed by atoms with Gasteiger partial charge < -0.3 is 19.1 Å².